The molecule has 0 aliphatic rings. The van der Waals surface area contributed by atoms with Gasteiger partial charge in [-0.3, -0.25) is 9.71 Å². The number of pyridine rings is 1. The molecular weight excluding hydrogens is 214 g/mol. The number of hydrogen-bond acceptors (Lipinski definition) is 4. The summed E-state index contributed by atoms with van der Waals surface area (Å²) >= 11 is 0. The van der Waals surface area contributed by atoms with Crippen LogP contribution < -0.4 is 10.5 Å². The number of rotatable bonds is 4. The number of nitrogens with one attached hydrogen (secondary N) is 1. The summed E-state index contributed by atoms with van der Waals surface area (Å²) in [6, 6.07) is 3.41. The Morgan fingerprint density at radius 1 is 1.53 bits per heavy atom. The summed E-state index contributed by atoms with van der Waals surface area (Å²) in [4.78, 5) is 3.99. The van der Waals surface area contributed by atoms with Crippen molar-refractivity contribution < 1.29 is 8.42 Å². The Morgan fingerprint density at radius 3 is 2.67 bits per heavy atom. The number of anilines is 1. The second-order valence-corrected chi connectivity index (χ2v) is 5.48. The minimum atomic E-state index is -3.39. The molecule has 84 valence electrons. The van der Waals surface area contributed by atoms with Crippen molar-refractivity contribution >= 4 is 15.7 Å². The molecule has 0 aliphatic carbocycles. The van der Waals surface area contributed by atoms with Gasteiger partial charge >= 0.3 is 0 Å². The van der Waals surface area contributed by atoms with Crippen LogP contribution in [0.5, 0.6) is 0 Å². The first-order chi connectivity index (χ1) is 6.95. The first-order valence-electron chi connectivity index (χ1n) is 4.60. The van der Waals surface area contributed by atoms with Gasteiger partial charge < -0.3 is 5.73 Å². The van der Waals surface area contributed by atoms with Gasteiger partial charge in [-0.1, -0.05) is 0 Å². The molecule has 1 heterocycles. The van der Waals surface area contributed by atoms with E-state index in [9.17, 15) is 8.42 Å². The van der Waals surface area contributed by atoms with Gasteiger partial charge in [-0.25, -0.2) is 8.42 Å². The van der Waals surface area contributed by atoms with Crippen LogP contribution in [0.1, 0.15) is 12.6 Å². The Balaban J connectivity index is 2.82. The highest BCUT2D eigenvalue weighted by Gasteiger charge is 2.18. The fourth-order valence-corrected chi connectivity index (χ4v) is 1.82. The minimum absolute atomic E-state index is 0.0919. The minimum Gasteiger partial charge on any atom is -0.329 e. The monoisotopic (exact) mass is 229 g/mol. The summed E-state index contributed by atoms with van der Waals surface area (Å²) in [6.07, 6.45) is 1.48. The third-order valence-corrected chi connectivity index (χ3v) is 3.81. The molecule has 15 heavy (non-hydrogen) atoms. The van der Waals surface area contributed by atoms with Crippen LogP contribution in [0, 0.1) is 6.92 Å². The molecule has 1 aromatic heterocycles. The maximum Gasteiger partial charge on any atom is 0.236 e. The quantitative estimate of drug-likeness (QED) is 0.786. The molecule has 5 nitrogen and oxygen atoms in total. The fraction of sp³-hybridized carbons (Fsp3) is 0.444. The lowest BCUT2D eigenvalue weighted by molar-refractivity contribution is 0.589. The van der Waals surface area contributed by atoms with Gasteiger partial charge in [-0.05, 0) is 26.0 Å². The number of nitrogens with zero attached hydrogens (tertiary/aromatic N) is 1. The summed E-state index contributed by atoms with van der Waals surface area (Å²) in [5.41, 5.74) is 6.60. The van der Waals surface area contributed by atoms with Crippen LogP contribution in [-0.4, -0.2) is 25.2 Å². The van der Waals surface area contributed by atoms with E-state index < -0.39 is 15.3 Å². The highest BCUT2D eigenvalue weighted by molar-refractivity contribution is 7.93. The smallest absolute Gasteiger partial charge is 0.236 e. The molecule has 1 atom stereocenters. The van der Waals surface area contributed by atoms with E-state index >= 15 is 0 Å². The average Bonchev–Trinajstić information content (AvgIpc) is 2.20. The first kappa shape index (κ1) is 11.9. The van der Waals surface area contributed by atoms with Gasteiger partial charge in [0, 0.05) is 12.2 Å². The van der Waals surface area contributed by atoms with Crippen molar-refractivity contribution in [3.8, 4) is 0 Å². The van der Waals surface area contributed by atoms with E-state index in [2.05, 4.69) is 9.71 Å². The molecule has 0 saturated heterocycles. The van der Waals surface area contributed by atoms with Gasteiger partial charge in [0.2, 0.25) is 10.0 Å². The summed E-state index contributed by atoms with van der Waals surface area (Å²) in [6.45, 7) is 3.49. The number of aromatic nitrogens is 1. The van der Waals surface area contributed by atoms with Gasteiger partial charge in [-0.2, -0.15) is 0 Å². The van der Waals surface area contributed by atoms with Crippen LogP contribution >= 0.6 is 0 Å². The molecule has 0 amide bonds. The SMILES string of the molecule is Cc1ccc(NS(=O)(=O)C(C)CN)cn1. The number of aryl methyl sites for hydroxylation is 1. The van der Waals surface area contributed by atoms with Gasteiger partial charge in [0.25, 0.3) is 0 Å². The first-order valence-corrected chi connectivity index (χ1v) is 6.14. The summed E-state index contributed by atoms with van der Waals surface area (Å²) in [5, 5.41) is -0.612. The summed E-state index contributed by atoms with van der Waals surface area (Å²) in [7, 11) is -3.39. The molecule has 1 unspecified atom stereocenters. The molecule has 1 aromatic rings. The van der Waals surface area contributed by atoms with E-state index in [1.54, 1.807) is 19.1 Å². The van der Waals surface area contributed by atoms with E-state index in [0.29, 0.717) is 5.69 Å². The van der Waals surface area contributed by atoms with Gasteiger partial charge in [-0.15, -0.1) is 0 Å². The zero-order chi connectivity index (χ0) is 11.5. The number of nitrogens with two attached hydrogens (primary N) is 1. The molecule has 3 N–H and O–H groups in total. The van der Waals surface area contributed by atoms with E-state index in [-0.39, 0.29) is 6.54 Å². The van der Waals surface area contributed by atoms with E-state index in [1.165, 1.54) is 6.20 Å². The van der Waals surface area contributed by atoms with E-state index in [1.807, 2.05) is 6.92 Å². The highest BCUT2D eigenvalue weighted by Crippen LogP contribution is 2.10. The second kappa shape index (κ2) is 4.59. The van der Waals surface area contributed by atoms with Gasteiger partial charge in [0.05, 0.1) is 17.1 Å². The molecular formula is C9H15N3O2S. The molecule has 0 radical (unpaired) electrons. The Labute approximate surface area is 89.8 Å². The van der Waals surface area contributed by atoms with Crippen LogP contribution in [0.15, 0.2) is 18.3 Å². The van der Waals surface area contributed by atoms with Crippen LogP contribution in [-0.2, 0) is 10.0 Å². The Kier molecular flexibility index (Phi) is 3.65. The molecule has 0 aliphatic heterocycles. The second-order valence-electron chi connectivity index (χ2n) is 3.38. The molecule has 0 fully saturated rings. The maximum atomic E-state index is 11.6. The standard InChI is InChI=1S/C9H15N3O2S/c1-7-3-4-9(6-11-7)12-15(13,14)8(2)5-10/h3-4,6,8,12H,5,10H2,1-2H3. The lowest BCUT2D eigenvalue weighted by Crippen LogP contribution is -2.31. The van der Waals surface area contributed by atoms with Crippen LogP contribution in [0.25, 0.3) is 0 Å². The third kappa shape index (κ3) is 3.17. The normalized spacial score (nSPS) is 13.5. The predicted molar refractivity (Wildman–Crippen MR) is 60.0 cm³/mol. The van der Waals surface area contributed by atoms with E-state index in [0.717, 1.165) is 5.69 Å². The number of hydrogen-bond donors (Lipinski definition) is 2. The lowest BCUT2D eigenvalue weighted by Gasteiger charge is -2.12. The van der Waals surface area contributed by atoms with Crippen molar-refractivity contribution in [1.82, 2.24) is 4.98 Å². The summed E-state index contributed by atoms with van der Waals surface area (Å²) in [5.74, 6) is 0. The van der Waals surface area contributed by atoms with E-state index in [4.69, 9.17) is 5.73 Å². The molecule has 0 bridgehead atoms. The zero-order valence-corrected chi connectivity index (χ0v) is 9.58. The Hall–Kier alpha value is -1.14. The Morgan fingerprint density at radius 2 is 2.20 bits per heavy atom. The zero-order valence-electron chi connectivity index (χ0n) is 8.77. The van der Waals surface area contributed by atoms with Crippen LogP contribution in [0.2, 0.25) is 0 Å². The van der Waals surface area contributed by atoms with Crippen LogP contribution in [0.4, 0.5) is 5.69 Å². The van der Waals surface area contributed by atoms with Gasteiger partial charge in [0.15, 0.2) is 0 Å². The molecule has 0 saturated carbocycles. The van der Waals surface area contributed by atoms with Crippen LogP contribution in [0.3, 0.4) is 0 Å². The average molecular weight is 229 g/mol. The fourth-order valence-electron chi connectivity index (χ4n) is 0.920. The van der Waals surface area contributed by atoms with Crippen molar-refractivity contribution in [1.29, 1.82) is 0 Å². The van der Waals surface area contributed by atoms with Crippen molar-refractivity contribution in [3.63, 3.8) is 0 Å². The number of sulfonamides is 1. The van der Waals surface area contributed by atoms with Crippen molar-refractivity contribution in [2.45, 2.75) is 19.1 Å². The topological polar surface area (TPSA) is 85.1 Å². The van der Waals surface area contributed by atoms with Crippen molar-refractivity contribution in [2.24, 2.45) is 5.73 Å². The molecule has 6 heteroatoms. The van der Waals surface area contributed by atoms with Crippen molar-refractivity contribution in [2.75, 3.05) is 11.3 Å². The van der Waals surface area contributed by atoms with Gasteiger partial charge in [0.1, 0.15) is 0 Å². The largest absolute Gasteiger partial charge is 0.329 e. The molecule has 0 aromatic carbocycles. The predicted octanol–water partition coefficient (Wildman–Crippen LogP) is 0.479. The molecule has 1 rings (SSSR count). The Bertz CT molecular complexity index is 413. The third-order valence-electron chi connectivity index (χ3n) is 2.03. The highest BCUT2D eigenvalue weighted by atomic mass is 32.2. The molecule has 0 spiro atoms. The lowest BCUT2D eigenvalue weighted by atomic mass is 10.4. The van der Waals surface area contributed by atoms with Crippen molar-refractivity contribution in [3.05, 3.63) is 24.0 Å². The summed E-state index contributed by atoms with van der Waals surface area (Å²) < 4.78 is 25.6. The maximum absolute atomic E-state index is 11.6.